The summed E-state index contributed by atoms with van der Waals surface area (Å²) in [6, 6.07) is 6.77. The second kappa shape index (κ2) is 6.00. The van der Waals surface area contributed by atoms with Crippen LogP contribution in [0.1, 0.15) is 30.6 Å². The van der Waals surface area contributed by atoms with Crippen LogP contribution in [0.3, 0.4) is 0 Å². The summed E-state index contributed by atoms with van der Waals surface area (Å²) in [5.41, 5.74) is 9.52. The van der Waals surface area contributed by atoms with Crippen LogP contribution >= 0.6 is 0 Å². The number of hydrogen-bond acceptors (Lipinski definition) is 4. The van der Waals surface area contributed by atoms with E-state index in [2.05, 4.69) is 10.5 Å². The van der Waals surface area contributed by atoms with Crippen LogP contribution < -0.4 is 11.2 Å². The van der Waals surface area contributed by atoms with Gasteiger partial charge >= 0.3 is 0 Å². The molecule has 17 heavy (non-hydrogen) atoms. The number of anilines is 1. The molecular formula is C12H17N3O2. The van der Waals surface area contributed by atoms with Gasteiger partial charge in [0.15, 0.2) is 0 Å². The SMILES string of the molecule is C/C(CC(C)O)=N\NC(=O)c1ccccc1N. The summed E-state index contributed by atoms with van der Waals surface area (Å²) in [5.74, 6) is -0.354. The Hall–Kier alpha value is -1.88. The van der Waals surface area contributed by atoms with Gasteiger partial charge in [-0.1, -0.05) is 12.1 Å². The molecule has 5 heteroatoms. The molecule has 0 aromatic heterocycles. The first-order chi connectivity index (χ1) is 8.00. The molecule has 1 aromatic rings. The summed E-state index contributed by atoms with van der Waals surface area (Å²) in [4.78, 5) is 11.7. The van der Waals surface area contributed by atoms with E-state index >= 15 is 0 Å². The first-order valence-corrected chi connectivity index (χ1v) is 5.36. The molecule has 1 aromatic carbocycles. The van der Waals surface area contributed by atoms with Gasteiger partial charge in [0.05, 0.1) is 11.7 Å². The van der Waals surface area contributed by atoms with Crippen LogP contribution in [0.2, 0.25) is 0 Å². The van der Waals surface area contributed by atoms with Crippen molar-refractivity contribution in [2.24, 2.45) is 5.10 Å². The number of carbonyl (C=O) groups excluding carboxylic acids is 1. The van der Waals surface area contributed by atoms with E-state index in [-0.39, 0.29) is 5.91 Å². The van der Waals surface area contributed by atoms with Crippen LogP contribution in [0.5, 0.6) is 0 Å². The molecule has 0 fully saturated rings. The van der Waals surface area contributed by atoms with Crippen molar-refractivity contribution in [3.8, 4) is 0 Å². The first-order valence-electron chi connectivity index (χ1n) is 5.36. The minimum Gasteiger partial charge on any atom is -0.398 e. The van der Waals surface area contributed by atoms with Crippen molar-refractivity contribution < 1.29 is 9.90 Å². The molecule has 5 nitrogen and oxygen atoms in total. The zero-order valence-corrected chi connectivity index (χ0v) is 9.97. The third-order valence-corrected chi connectivity index (χ3v) is 2.14. The van der Waals surface area contributed by atoms with Gasteiger partial charge in [0.1, 0.15) is 0 Å². The second-order valence-corrected chi connectivity index (χ2v) is 3.93. The van der Waals surface area contributed by atoms with Gasteiger partial charge in [-0.15, -0.1) is 0 Å². The zero-order valence-electron chi connectivity index (χ0n) is 9.97. The molecule has 92 valence electrons. The number of benzene rings is 1. The van der Waals surface area contributed by atoms with Crippen LogP contribution in [0.4, 0.5) is 5.69 Å². The maximum atomic E-state index is 11.7. The standard InChI is InChI=1S/C12H17N3O2/c1-8(7-9(2)16)14-15-12(17)10-5-3-4-6-11(10)13/h3-6,9,16H,7,13H2,1-2H3,(H,15,17)/b14-8+. The number of aliphatic hydroxyl groups excluding tert-OH is 1. The Morgan fingerprint density at radius 1 is 1.53 bits per heavy atom. The molecule has 0 aliphatic rings. The highest BCUT2D eigenvalue weighted by Gasteiger charge is 2.07. The highest BCUT2D eigenvalue weighted by atomic mass is 16.3. The third-order valence-electron chi connectivity index (χ3n) is 2.14. The maximum absolute atomic E-state index is 11.7. The molecule has 0 bridgehead atoms. The molecular weight excluding hydrogens is 218 g/mol. The number of rotatable bonds is 4. The van der Waals surface area contributed by atoms with E-state index in [0.717, 1.165) is 0 Å². The van der Waals surface area contributed by atoms with Crippen molar-refractivity contribution in [2.45, 2.75) is 26.4 Å². The van der Waals surface area contributed by atoms with Crippen molar-refractivity contribution in [1.82, 2.24) is 5.43 Å². The fourth-order valence-corrected chi connectivity index (χ4v) is 1.38. The van der Waals surface area contributed by atoms with Crippen LogP contribution in [-0.2, 0) is 0 Å². The third kappa shape index (κ3) is 4.24. The van der Waals surface area contributed by atoms with Gasteiger partial charge in [0.2, 0.25) is 0 Å². The Bertz CT molecular complexity index is 428. The fourth-order valence-electron chi connectivity index (χ4n) is 1.38. The van der Waals surface area contributed by atoms with Crippen molar-refractivity contribution in [2.75, 3.05) is 5.73 Å². The highest BCUT2D eigenvalue weighted by molar-refractivity contribution is 5.99. The molecule has 0 saturated heterocycles. The Labute approximate surface area is 100 Å². The van der Waals surface area contributed by atoms with E-state index in [0.29, 0.717) is 23.4 Å². The van der Waals surface area contributed by atoms with E-state index in [1.54, 1.807) is 38.1 Å². The van der Waals surface area contributed by atoms with Crippen LogP contribution in [0.15, 0.2) is 29.4 Å². The number of nitrogens with one attached hydrogen (secondary N) is 1. The van der Waals surface area contributed by atoms with Gasteiger partial charge in [-0.3, -0.25) is 4.79 Å². The topological polar surface area (TPSA) is 87.7 Å². The van der Waals surface area contributed by atoms with Crippen molar-refractivity contribution in [3.63, 3.8) is 0 Å². The Morgan fingerprint density at radius 3 is 2.76 bits per heavy atom. The summed E-state index contributed by atoms with van der Waals surface area (Å²) >= 11 is 0. The minimum atomic E-state index is -0.475. The molecule has 1 unspecified atom stereocenters. The van der Waals surface area contributed by atoms with E-state index < -0.39 is 6.10 Å². The first kappa shape index (κ1) is 13.2. The zero-order chi connectivity index (χ0) is 12.8. The normalized spacial score (nSPS) is 13.2. The number of aliphatic hydroxyl groups is 1. The minimum absolute atomic E-state index is 0.354. The summed E-state index contributed by atoms with van der Waals surface area (Å²) in [5, 5.41) is 13.0. The number of nitrogen functional groups attached to an aromatic ring is 1. The summed E-state index contributed by atoms with van der Waals surface area (Å²) in [7, 11) is 0. The molecule has 0 spiro atoms. The Kier molecular flexibility index (Phi) is 4.66. The second-order valence-electron chi connectivity index (χ2n) is 3.93. The van der Waals surface area contributed by atoms with Crippen LogP contribution in [0, 0.1) is 0 Å². The van der Waals surface area contributed by atoms with Crippen LogP contribution in [-0.4, -0.2) is 22.8 Å². The van der Waals surface area contributed by atoms with E-state index in [1.165, 1.54) is 0 Å². The number of nitrogens with zero attached hydrogens (tertiary/aromatic N) is 1. The number of nitrogens with two attached hydrogens (primary N) is 1. The molecule has 1 atom stereocenters. The maximum Gasteiger partial charge on any atom is 0.273 e. The monoisotopic (exact) mass is 235 g/mol. The van der Waals surface area contributed by atoms with Gasteiger partial charge in [-0.2, -0.15) is 5.10 Å². The number of carbonyl (C=O) groups is 1. The molecule has 0 aliphatic carbocycles. The van der Waals surface area contributed by atoms with Crippen LogP contribution in [0.25, 0.3) is 0 Å². The highest BCUT2D eigenvalue weighted by Crippen LogP contribution is 2.09. The Balaban J connectivity index is 2.65. The Morgan fingerprint density at radius 2 is 2.18 bits per heavy atom. The number of hydrogen-bond donors (Lipinski definition) is 3. The smallest absolute Gasteiger partial charge is 0.273 e. The quantitative estimate of drug-likeness (QED) is 0.415. The summed E-state index contributed by atoms with van der Waals surface area (Å²) in [6.45, 7) is 3.40. The lowest BCUT2D eigenvalue weighted by atomic mass is 10.2. The molecule has 1 rings (SSSR count). The number of amides is 1. The fraction of sp³-hybridized carbons (Fsp3) is 0.333. The number of hydrazone groups is 1. The molecule has 0 aliphatic heterocycles. The van der Waals surface area contributed by atoms with Gasteiger partial charge in [0.25, 0.3) is 5.91 Å². The van der Waals surface area contributed by atoms with E-state index in [4.69, 9.17) is 10.8 Å². The van der Waals surface area contributed by atoms with Crippen molar-refractivity contribution in [3.05, 3.63) is 29.8 Å². The predicted octanol–water partition coefficient (Wildman–Crippen LogP) is 1.15. The molecule has 1 amide bonds. The van der Waals surface area contributed by atoms with Gasteiger partial charge in [-0.05, 0) is 26.0 Å². The lowest BCUT2D eigenvalue weighted by molar-refractivity contribution is 0.0955. The van der Waals surface area contributed by atoms with E-state index in [1.807, 2.05) is 0 Å². The van der Waals surface area contributed by atoms with Crippen molar-refractivity contribution in [1.29, 1.82) is 0 Å². The molecule has 4 N–H and O–H groups in total. The molecule has 0 radical (unpaired) electrons. The van der Waals surface area contributed by atoms with E-state index in [9.17, 15) is 4.79 Å². The molecule has 0 saturated carbocycles. The lowest BCUT2D eigenvalue weighted by Crippen LogP contribution is -2.21. The summed E-state index contributed by atoms with van der Waals surface area (Å²) in [6.07, 6.45) is -0.0534. The van der Waals surface area contributed by atoms with Gasteiger partial charge in [-0.25, -0.2) is 5.43 Å². The van der Waals surface area contributed by atoms with Crippen molar-refractivity contribution >= 4 is 17.3 Å². The predicted molar refractivity (Wildman–Crippen MR) is 67.7 cm³/mol. The summed E-state index contributed by atoms with van der Waals surface area (Å²) < 4.78 is 0. The van der Waals surface area contributed by atoms with Gasteiger partial charge < -0.3 is 10.8 Å². The van der Waals surface area contributed by atoms with Gasteiger partial charge in [0, 0.05) is 17.8 Å². The molecule has 0 heterocycles. The number of para-hydroxylation sites is 1. The lowest BCUT2D eigenvalue weighted by Gasteiger charge is -2.06. The average Bonchev–Trinajstić information content (AvgIpc) is 2.25. The largest absolute Gasteiger partial charge is 0.398 e. The average molecular weight is 235 g/mol.